The second-order valence-electron chi connectivity index (χ2n) is 33.9. The summed E-state index contributed by atoms with van der Waals surface area (Å²) < 4.78 is 0. The van der Waals surface area contributed by atoms with Gasteiger partial charge in [-0.15, -0.1) is 0 Å². The number of para-hydroxylation sites is 4. The zero-order valence-corrected chi connectivity index (χ0v) is 67.0. The second-order valence-corrected chi connectivity index (χ2v) is 33.9. The predicted octanol–water partition coefficient (Wildman–Crippen LogP) is 26.2. The summed E-state index contributed by atoms with van der Waals surface area (Å²) in [4.78, 5) is 11.9. The Hall–Kier alpha value is -13.5. The van der Waals surface area contributed by atoms with Crippen LogP contribution in [0.4, 0.5) is 56.9 Å². The summed E-state index contributed by atoms with van der Waals surface area (Å²) in [6.45, 7) is 0. The molecule has 16 aromatic rings. The molecular weight excluding hydrogens is 1420 g/mol. The molecule has 6 aliphatic carbocycles. The highest BCUT2D eigenvalue weighted by molar-refractivity contribution is 5.95. The Balaban J connectivity index is 0.0000000864. The summed E-state index contributed by atoms with van der Waals surface area (Å²) in [5, 5.41) is 0. The minimum absolute atomic E-state index is 1.03. The van der Waals surface area contributed by atoms with Gasteiger partial charge in [-0.05, 0) is 269 Å². The molecule has 5 aliphatic heterocycles. The molecule has 16 aromatic carbocycles. The molecule has 0 amide bonds. The van der Waals surface area contributed by atoms with Crippen molar-refractivity contribution >= 4 is 56.9 Å². The highest BCUT2D eigenvalue weighted by Gasteiger charge is 2.36. The quantitative estimate of drug-likeness (QED) is 0.150. The normalized spacial score (nSPS) is 14.2. The van der Waals surface area contributed by atoms with Crippen molar-refractivity contribution in [3.8, 4) is 66.8 Å². The first kappa shape index (κ1) is 69.1. The molecule has 0 fully saturated rings. The van der Waals surface area contributed by atoms with E-state index in [0.29, 0.717) is 0 Å². The van der Waals surface area contributed by atoms with Gasteiger partial charge in [-0.25, -0.2) is 0 Å². The van der Waals surface area contributed by atoms with Gasteiger partial charge in [-0.1, -0.05) is 261 Å². The topological polar surface area (TPSA) is 16.2 Å². The SMILES string of the molecule is CN1c2c(ccc3c2Cc2ccccc2-3)Cc2ccc3c(c21)Cc1ccccc1-3.CN1c2ccccc2Cc2c1ccc1c2-c2ccccc2C1.CN1c2ccccc2Cc2c1ccc1c2Cc2ccccc2-1.CN1c2ccccc2Cc2cc3c(cc21)-c1ccccc1C3.CN1c2ccccc2Cc2cc3c(cc21)Cc1ccccc1-3. The fraction of sp³-hybridized carbons (Fsp3) is 0.143. The van der Waals surface area contributed by atoms with Crippen LogP contribution in [-0.2, 0) is 70.6 Å². The number of nitrogens with zero attached hydrogens (tertiary/aromatic N) is 5. The average Bonchev–Trinajstić information content (AvgIpc) is 1.61. The molecule has 11 aliphatic rings. The van der Waals surface area contributed by atoms with E-state index in [9.17, 15) is 0 Å². The average molecular weight is 1500 g/mol. The number of anilines is 10. The standard InChI is InChI=1S/C28H21N.4C21H17N/c1-29-27-19(10-12-23-21-8-4-2-6-17(21)15-25(23)27)14-20-11-13-24-22-9-5-3-7-18(22)16-26(24)28(20)29;1-22-20-9-5-3-7-15(20)11-17-12-19-16(13-21(17)22)10-14-6-2-4-8-18(14)19;1-22-20-9-5-3-7-15(20)11-17-12-16-10-14-6-2-4-8-18(14)19(16)13-21(17)22;1-22-19-9-5-3-7-15(19)13-18-20(22)11-10-16-12-14-6-2-4-8-17(14)21(16)18;1-22-20-9-5-3-7-15(20)13-19-18-12-14-6-2-4-8-16(14)17(18)10-11-21(19)22/h2-13H,14-16H2,1H3;2*2-9,12-13H,10-11H2,1H3;2*2-11H,12-13H2,1H3. The molecule has 117 heavy (non-hydrogen) atoms. The van der Waals surface area contributed by atoms with Crippen LogP contribution in [-0.4, -0.2) is 35.2 Å². The Kier molecular flexibility index (Phi) is 16.1. The first-order valence-electron chi connectivity index (χ1n) is 42.0. The Labute approximate surface area is 687 Å². The van der Waals surface area contributed by atoms with E-state index in [1.807, 2.05) is 0 Å². The van der Waals surface area contributed by atoms with Crippen LogP contribution < -0.4 is 24.5 Å². The Bertz CT molecular complexity index is 6730. The second kappa shape index (κ2) is 27.4. The molecule has 0 unspecified atom stereocenters. The lowest BCUT2D eigenvalue weighted by molar-refractivity contribution is 1.02. The molecule has 5 nitrogen and oxygen atoms in total. The zero-order chi connectivity index (χ0) is 77.8. The van der Waals surface area contributed by atoms with Gasteiger partial charge < -0.3 is 24.5 Å². The largest absolute Gasteiger partial charge is 0.344 e. The lowest BCUT2D eigenvalue weighted by Crippen LogP contribution is -2.22. The Morgan fingerprint density at radius 3 is 0.932 bits per heavy atom. The fourth-order valence-electron chi connectivity index (χ4n) is 22.1. The van der Waals surface area contributed by atoms with Crippen molar-refractivity contribution in [2.75, 3.05) is 59.7 Å². The maximum atomic E-state index is 2.50. The van der Waals surface area contributed by atoms with Gasteiger partial charge in [0.05, 0.1) is 0 Å². The molecule has 0 bridgehead atoms. The van der Waals surface area contributed by atoms with E-state index in [1.54, 1.807) is 0 Å². The van der Waals surface area contributed by atoms with Crippen LogP contribution in [0.3, 0.4) is 0 Å². The highest BCUT2D eigenvalue weighted by atomic mass is 15.1. The first-order chi connectivity index (χ1) is 57.6. The van der Waals surface area contributed by atoms with E-state index in [4.69, 9.17) is 0 Å². The number of rotatable bonds is 0. The van der Waals surface area contributed by atoms with Crippen molar-refractivity contribution in [1.82, 2.24) is 0 Å². The third-order valence-electron chi connectivity index (χ3n) is 27.6. The summed E-state index contributed by atoms with van der Waals surface area (Å²) in [6.07, 6.45) is 11.6. The molecular formula is C112H89N5. The third-order valence-corrected chi connectivity index (χ3v) is 27.6. The van der Waals surface area contributed by atoms with Gasteiger partial charge in [0.1, 0.15) is 0 Å². The van der Waals surface area contributed by atoms with E-state index >= 15 is 0 Å². The van der Waals surface area contributed by atoms with Crippen molar-refractivity contribution in [3.63, 3.8) is 0 Å². The molecule has 0 spiro atoms. The van der Waals surface area contributed by atoms with Gasteiger partial charge in [0.25, 0.3) is 0 Å². The van der Waals surface area contributed by atoms with E-state index in [0.717, 1.165) is 70.6 Å². The monoisotopic (exact) mass is 1500 g/mol. The predicted molar refractivity (Wildman–Crippen MR) is 488 cm³/mol. The van der Waals surface area contributed by atoms with Crippen molar-refractivity contribution in [3.05, 3.63) is 438 Å². The number of hydrogen-bond donors (Lipinski definition) is 0. The summed E-state index contributed by atoms with van der Waals surface area (Å²) in [6, 6.07) is 116. The van der Waals surface area contributed by atoms with Gasteiger partial charge >= 0.3 is 0 Å². The molecule has 0 aromatic heterocycles. The van der Waals surface area contributed by atoms with Crippen LogP contribution in [0.15, 0.2) is 315 Å². The molecule has 0 atom stereocenters. The van der Waals surface area contributed by atoms with Crippen LogP contribution in [0.25, 0.3) is 66.8 Å². The molecule has 562 valence electrons. The molecule has 0 N–H and O–H groups in total. The van der Waals surface area contributed by atoms with Crippen molar-refractivity contribution in [2.24, 2.45) is 0 Å². The Morgan fingerprint density at radius 1 is 0.145 bits per heavy atom. The van der Waals surface area contributed by atoms with Gasteiger partial charge in [-0.2, -0.15) is 0 Å². The van der Waals surface area contributed by atoms with Crippen molar-refractivity contribution in [2.45, 2.75) is 70.6 Å². The van der Waals surface area contributed by atoms with E-state index in [-0.39, 0.29) is 0 Å². The zero-order valence-electron chi connectivity index (χ0n) is 67.0. The van der Waals surface area contributed by atoms with Gasteiger partial charge in [-0.3, -0.25) is 0 Å². The number of hydrogen-bond acceptors (Lipinski definition) is 5. The van der Waals surface area contributed by atoms with Gasteiger partial charge in [0.2, 0.25) is 0 Å². The lowest BCUT2D eigenvalue weighted by Gasteiger charge is -2.34. The summed E-state index contributed by atoms with van der Waals surface area (Å²) in [7, 11) is 11.0. The fourth-order valence-corrected chi connectivity index (χ4v) is 22.1. The van der Waals surface area contributed by atoms with Crippen LogP contribution >= 0.6 is 0 Å². The first-order valence-corrected chi connectivity index (χ1v) is 42.0. The molecule has 0 saturated heterocycles. The number of fused-ring (bicyclic) bond motifs is 32. The molecule has 5 heteroatoms. The smallest absolute Gasteiger partial charge is 0.0486 e. The third kappa shape index (κ3) is 11.2. The molecule has 0 saturated carbocycles. The Morgan fingerprint density at radius 2 is 0.436 bits per heavy atom. The van der Waals surface area contributed by atoms with Gasteiger partial charge in [0, 0.05) is 137 Å². The maximum absolute atomic E-state index is 2.50. The van der Waals surface area contributed by atoms with E-state index in [1.165, 1.54) is 246 Å². The highest BCUT2D eigenvalue weighted by Crippen LogP contribution is 2.55. The maximum Gasteiger partial charge on any atom is 0.0486 e. The summed E-state index contributed by atoms with van der Waals surface area (Å²) in [5.74, 6) is 0. The summed E-state index contributed by atoms with van der Waals surface area (Å²) >= 11 is 0. The van der Waals surface area contributed by atoms with Crippen LogP contribution in [0.5, 0.6) is 0 Å². The van der Waals surface area contributed by atoms with Crippen LogP contribution in [0.1, 0.15) is 122 Å². The van der Waals surface area contributed by atoms with E-state index < -0.39 is 0 Å². The molecule has 27 rings (SSSR count). The molecule has 0 radical (unpaired) electrons. The number of benzene rings is 16. The minimum atomic E-state index is 1.03. The van der Waals surface area contributed by atoms with Gasteiger partial charge in [0.15, 0.2) is 0 Å². The summed E-state index contributed by atoms with van der Waals surface area (Å²) in [5.41, 5.74) is 63.0. The van der Waals surface area contributed by atoms with Crippen molar-refractivity contribution in [1.29, 1.82) is 0 Å². The molecule has 5 heterocycles. The van der Waals surface area contributed by atoms with E-state index in [2.05, 4.69) is 375 Å². The lowest BCUT2D eigenvalue weighted by atomic mass is 9.88. The van der Waals surface area contributed by atoms with Crippen LogP contribution in [0, 0.1) is 0 Å². The van der Waals surface area contributed by atoms with Crippen molar-refractivity contribution < 1.29 is 0 Å². The minimum Gasteiger partial charge on any atom is -0.344 e. The van der Waals surface area contributed by atoms with Crippen LogP contribution in [0.2, 0.25) is 0 Å².